The van der Waals surface area contributed by atoms with Crippen molar-refractivity contribution in [2.45, 2.75) is 13.0 Å². The predicted molar refractivity (Wildman–Crippen MR) is 66.1 cm³/mol. The smallest absolute Gasteiger partial charge is 0.128 e. The number of amidine groups is 1. The Morgan fingerprint density at radius 2 is 2.06 bits per heavy atom. The number of furan rings is 1. The van der Waals surface area contributed by atoms with Crippen LogP contribution in [0, 0.1) is 5.41 Å². The van der Waals surface area contributed by atoms with Crippen LogP contribution in [0.3, 0.4) is 0 Å². The van der Waals surface area contributed by atoms with E-state index in [1.165, 1.54) is 5.56 Å². The Balaban J connectivity index is 1.70. The fourth-order valence-corrected chi connectivity index (χ4v) is 2.24. The van der Waals surface area contributed by atoms with E-state index < -0.39 is 0 Å². The first-order valence-electron chi connectivity index (χ1n) is 5.79. The van der Waals surface area contributed by atoms with Gasteiger partial charge in [-0.1, -0.05) is 24.3 Å². The highest BCUT2D eigenvalue weighted by molar-refractivity contribution is 6.00. The summed E-state index contributed by atoms with van der Waals surface area (Å²) >= 11 is 0. The lowest BCUT2D eigenvalue weighted by molar-refractivity contribution is 0.405. The molecule has 0 spiro atoms. The van der Waals surface area contributed by atoms with Gasteiger partial charge in [-0.15, -0.1) is 0 Å². The van der Waals surface area contributed by atoms with Crippen molar-refractivity contribution in [3.63, 3.8) is 0 Å². The standard InChI is InChI=1S/C14H14N2O/c15-14-13-6-2-1-4-11(13)10-16(14)8-7-12-5-3-9-17-12/h1-6,9,15H,7-8,10H2. The fourth-order valence-electron chi connectivity index (χ4n) is 2.24. The third-order valence-electron chi connectivity index (χ3n) is 3.16. The van der Waals surface area contributed by atoms with Crippen LogP contribution in [0.15, 0.2) is 47.1 Å². The van der Waals surface area contributed by atoms with Gasteiger partial charge >= 0.3 is 0 Å². The van der Waals surface area contributed by atoms with Crippen molar-refractivity contribution in [3.8, 4) is 0 Å². The zero-order valence-corrected chi connectivity index (χ0v) is 9.52. The van der Waals surface area contributed by atoms with Crippen LogP contribution in [-0.4, -0.2) is 17.3 Å². The summed E-state index contributed by atoms with van der Waals surface area (Å²) in [6.45, 7) is 1.68. The fraction of sp³-hybridized carbons (Fsp3) is 0.214. The highest BCUT2D eigenvalue weighted by Crippen LogP contribution is 2.22. The van der Waals surface area contributed by atoms with Crippen LogP contribution in [0.2, 0.25) is 0 Å². The van der Waals surface area contributed by atoms with E-state index in [0.29, 0.717) is 5.84 Å². The maximum atomic E-state index is 8.11. The number of hydrogen-bond donors (Lipinski definition) is 1. The quantitative estimate of drug-likeness (QED) is 0.874. The van der Waals surface area contributed by atoms with Crippen molar-refractivity contribution in [1.82, 2.24) is 4.90 Å². The molecule has 0 aliphatic carbocycles. The van der Waals surface area contributed by atoms with Crippen LogP contribution in [0.5, 0.6) is 0 Å². The summed E-state index contributed by atoms with van der Waals surface area (Å²) in [6, 6.07) is 12.0. The molecule has 0 saturated carbocycles. The molecular weight excluding hydrogens is 212 g/mol. The molecule has 1 aliphatic rings. The summed E-state index contributed by atoms with van der Waals surface area (Å²) in [4.78, 5) is 2.09. The van der Waals surface area contributed by atoms with Crippen molar-refractivity contribution < 1.29 is 4.42 Å². The van der Waals surface area contributed by atoms with E-state index >= 15 is 0 Å². The van der Waals surface area contributed by atoms with E-state index in [1.807, 2.05) is 30.3 Å². The lowest BCUT2D eigenvalue weighted by atomic mass is 10.1. The van der Waals surface area contributed by atoms with E-state index in [4.69, 9.17) is 9.83 Å². The Morgan fingerprint density at radius 1 is 1.18 bits per heavy atom. The second-order valence-electron chi connectivity index (χ2n) is 4.26. The van der Waals surface area contributed by atoms with Gasteiger partial charge in [0.05, 0.1) is 6.26 Å². The maximum absolute atomic E-state index is 8.11. The number of rotatable bonds is 3. The van der Waals surface area contributed by atoms with E-state index in [0.717, 1.165) is 30.8 Å². The van der Waals surface area contributed by atoms with Gasteiger partial charge in [0, 0.05) is 25.1 Å². The molecule has 0 amide bonds. The number of nitrogens with zero attached hydrogens (tertiary/aromatic N) is 1. The molecule has 0 radical (unpaired) electrons. The molecule has 17 heavy (non-hydrogen) atoms. The molecule has 0 fully saturated rings. The molecule has 3 nitrogen and oxygen atoms in total. The van der Waals surface area contributed by atoms with Gasteiger partial charge in [0.1, 0.15) is 11.6 Å². The second kappa shape index (κ2) is 4.09. The van der Waals surface area contributed by atoms with Gasteiger partial charge < -0.3 is 9.32 Å². The third kappa shape index (κ3) is 1.84. The monoisotopic (exact) mass is 226 g/mol. The van der Waals surface area contributed by atoms with Crippen molar-refractivity contribution in [1.29, 1.82) is 5.41 Å². The Morgan fingerprint density at radius 3 is 2.82 bits per heavy atom. The van der Waals surface area contributed by atoms with Crippen LogP contribution in [-0.2, 0) is 13.0 Å². The zero-order valence-electron chi connectivity index (χ0n) is 9.52. The van der Waals surface area contributed by atoms with E-state index in [9.17, 15) is 0 Å². The van der Waals surface area contributed by atoms with Crippen LogP contribution >= 0.6 is 0 Å². The number of nitrogens with one attached hydrogen (secondary N) is 1. The van der Waals surface area contributed by atoms with Crippen molar-refractivity contribution in [2.24, 2.45) is 0 Å². The molecule has 86 valence electrons. The van der Waals surface area contributed by atoms with Crippen LogP contribution in [0.25, 0.3) is 0 Å². The highest BCUT2D eigenvalue weighted by atomic mass is 16.3. The molecule has 2 heterocycles. The molecule has 0 bridgehead atoms. The number of fused-ring (bicyclic) bond motifs is 1. The van der Waals surface area contributed by atoms with Gasteiger partial charge in [-0.25, -0.2) is 0 Å². The first-order valence-corrected chi connectivity index (χ1v) is 5.79. The van der Waals surface area contributed by atoms with Crippen LogP contribution < -0.4 is 0 Å². The molecule has 0 unspecified atom stereocenters. The predicted octanol–water partition coefficient (Wildman–Crippen LogP) is 2.66. The number of hydrogen-bond acceptors (Lipinski definition) is 2. The molecule has 1 aromatic carbocycles. The first-order chi connectivity index (χ1) is 8.34. The Kier molecular flexibility index (Phi) is 2.44. The summed E-state index contributed by atoms with van der Waals surface area (Å²) in [5.74, 6) is 1.61. The molecule has 3 heteroatoms. The molecule has 1 aromatic heterocycles. The van der Waals surface area contributed by atoms with Gasteiger partial charge in [-0.2, -0.15) is 0 Å². The summed E-state index contributed by atoms with van der Waals surface area (Å²) in [6.07, 6.45) is 2.54. The van der Waals surface area contributed by atoms with Crippen molar-refractivity contribution >= 4 is 5.84 Å². The average molecular weight is 226 g/mol. The molecule has 2 aromatic rings. The molecular formula is C14H14N2O. The molecule has 1 aliphatic heterocycles. The van der Waals surface area contributed by atoms with Gasteiger partial charge in [0.15, 0.2) is 0 Å². The Hall–Kier alpha value is -2.03. The van der Waals surface area contributed by atoms with Gasteiger partial charge in [0.25, 0.3) is 0 Å². The third-order valence-corrected chi connectivity index (χ3v) is 3.16. The molecule has 0 saturated heterocycles. The van der Waals surface area contributed by atoms with Crippen LogP contribution in [0.1, 0.15) is 16.9 Å². The van der Waals surface area contributed by atoms with Crippen molar-refractivity contribution in [3.05, 3.63) is 59.5 Å². The largest absolute Gasteiger partial charge is 0.469 e. The summed E-state index contributed by atoms with van der Waals surface area (Å²) in [7, 11) is 0. The summed E-state index contributed by atoms with van der Waals surface area (Å²) < 4.78 is 5.31. The molecule has 3 rings (SSSR count). The van der Waals surface area contributed by atoms with Gasteiger partial charge in [-0.3, -0.25) is 5.41 Å². The average Bonchev–Trinajstić information content (AvgIpc) is 2.96. The topological polar surface area (TPSA) is 40.2 Å². The van der Waals surface area contributed by atoms with E-state index in [1.54, 1.807) is 6.26 Å². The molecule has 0 atom stereocenters. The van der Waals surface area contributed by atoms with Gasteiger partial charge in [0.2, 0.25) is 0 Å². The minimum Gasteiger partial charge on any atom is -0.469 e. The van der Waals surface area contributed by atoms with Gasteiger partial charge in [-0.05, 0) is 17.7 Å². The Labute approximate surface area is 100 Å². The minimum absolute atomic E-state index is 0.632. The second-order valence-corrected chi connectivity index (χ2v) is 4.26. The lowest BCUT2D eigenvalue weighted by Crippen LogP contribution is -2.26. The normalized spacial score (nSPS) is 14.1. The zero-order chi connectivity index (χ0) is 11.7. The van der Waals surface area contributed by atoms with E-state index in [-0.39, 0.29) is 0 Å². The SMILES string of the molecule is N=C1c2ccccc2CN1CCc1ccco1. The lowest BCUT2D eigenvalue weighted by Gasteiger charge is -2.16. The van der Waals surface area contributed by atoms with Crippen molar-refractivity contribution in [2.75, 3.05) is 6.54 Å². The molecule has 1 N–H and O–H groups in total. The highest BCUT2D eigenvalue weighted by Gasteiger charge is 2.22. The minimum atomic E-state index is 0.632. The summed E-state index contributed by atoms with van der Waals surface area (Å²) in [5, 5.41) is 8.11. The number of benzene rings is 1. The maximum Gasteiger partial charge on any atom is 0.128 e. The van der Waals surface area contributed by atoms with E-state index in [2.05, 4.69) is 11.0 Å². The van der Waals surface area contributed by atoms with Crippen LogP contribution in [0.4, 0.5) is 0 Å². The Bertz CT molecular complexity index is 531. The summed E-state index contributed by atoms with van der Waals surface area (Å²) in [5.41, 5.74) is 2.31. The first kappa shape index (κ1) is 10.1.